The molecular weight excluding hydrogens is 190 g/mol. The fourth-order valence-corrected chi connectivity index (χ4v) is 1.32. The minimum atomic E-state index is -0.0957. The number of carbonyl (C=O) groups is 1. The fourth-order valence-electron chi connectivity index (χ4n) is 1.32. The molecule has 0 fully saturated rings. The molecule has 1 aromatic rings. The SMILES string of the molecule is CCCC(=O)Nc1ccc(CC[O])cc1. The predicted molar refractivity (Wildman–Crippen MR) is 59.2 cm³/mol. The summed E-state index contributed by atoms with van der Waals surface area (Å²) in [7, 11) is 0. The Bertz CT molecular complexity index is 306. The van der Waals surface area contributed by atoms with Crippen LogP contribution in [0, 0.1) is 0 Å². The summed E-state index contributed by atoms with van der Waals surface area (Å²) in [6.07, 6.45) is 1.94. The topological polar surface area (TPSA) is 49.0 Å². The van der Waals surface area contributed by atoms with E-state index in [0.29, 0.717) is 12.8 Å². The first-order chi connectivity index (χ1) is 7.26. The summed E-state index contributed by atoms with van der Waals surface area (Å²) < 4.78 is 0. The number of nitrogens with one attached hydrogen (secondary N) is 1. The fraction of sp³-hybridized carbons (Fsp3) is 0.417. The molecule has 0 heterocycles. The second-order valence-electron chi connectivity index (χ2n) is 3.45. The molecular formula is C12H16NO2. The first kappa shape index (κ1) is 11.7. The van der Waals surface area contributed by atoms with Gasteiger partial charge in [0.2, 0.25) is 5.91 Å². The molecule has 0 aliphatic carbocycles. The van der Waals surface area contributed by atoms with Gasteiger partial charge < -0.3 is 5.32 Å². The Hall–Kier alpha value is -1.35. The van der Waals surface area contributed by atoms with Crippen LogP contribution in [0.4, 0.5) is 5.69 Å². The second-order valence-corrected chi connectivity index (χ2v) is 3.45. The first-order valence-electron chi connectivity index (χ1n) is 5.23. The Morgan fingerprint density at radius 1 is 1.27 bits per heavy atom. The smallest absolute Gasteiger partial charge is 0.224 e. The van der Waals surface area contributed by atoms with Gasteiger partial charge in [-0.15, -0.1) is 0 Å². The lowest BCUT2D eigenvalue weighted by molar-refractivity contribution is -0.116. The van der Waals surface area contributed by atoms with Gasteiger partial charge >= 0.3 is 0 Å². The highest BCUT2D eigenvalue weighted by atomic mass is 16.2. The molecule has 1 aromatic carbocycles. The molecule has 81 valence electrons. The average molecular weight is 206 g/mol. The zero-order chi connectivity index (χ0) is 11.1. The lowest BCUT2D eigenvalue weighted by atomic mass is 10.1. The maximum Gasteiger partial charge on any atom is 0.224 e. The van der Waals surface area contributed by atoms with Crippen molar-refractivity contribution in [2.75, 3.05) is 11.9 Å². The van der Waals surface area contributed by atoms with E-state index in [-0.39, 0.29) is 12.5 Å². The molecule has 0 atom stereocenters. The van der Waals surface area contributed by atoms with E-state index in [4.69, 9.17) is 0 Å². The van der Waals surface area contributed by atoms with Crippen LogP contribution in [-0.4, -0.2) is 12.5 Å². The quantitative estimate of drug-likeness (QED) is 0.790. The van der Waals surface area contributed by atoms with Gasteiger partial charge in [-0.05, 0) is 30.5 Å². The van der Waals surface area contributed by atoms with Crippen molar-refractivity contribution in [2.45, 2.75) is 26.2 Å². The van der Waals surface area contributed by atoms with Crippen molar-refractivity contribution >= 4 is 11.6 Å². The highest BCUT2D eigenvalue weighted by Crippen LogP contribution is 2.10. The highest BCUT2D eigenvalue weighted by Gasteiger charge is 2.00. The molecule has 0 saturated carbocycles. The van der Waals surface area contributed by atoms with Gasteiger partial charge in [0.05, 0.1) is 6.61 Å². The third-order valence-electron chi connectivity index (χ3n) is 2.11. The van der Waals surface area contributed by atoms with Crippen molar-refractivity contribution in [2.24, 2.45) is 0 Å². The Labute approximate surface area is 90.1 Å². The molecule has 0 spiro atoms. The van der Waals surface area contributed by atoms with E-state index in [1.165, 1.54) is 0 Å². The van der Waals surface area contributed by atoms with Crippen LogP contribution in [0.2, 0.25) is 0 Å². The normalized spacial score (nSPS) is 10.0. The van der Waals surface area contributed by atoms with E-state index in [1.54, 1.807) is 0 Å². The molecule has 1 amide bonds. The largest absolute Gasteiger partial charge is 0.326 e. The molecule has 1 rings (SSSR count). The van der Waals surface area contributed by atoms with Gasteiger partial charge in [0.25, 0.3) is 0 Å². The van der Waals surface area contributed by atoms with Crippen molar-refractivity contribution in [3.8, 4) is 0 Å². The summed E-state index contributed by atoms with van der Waals surface area (Å²) in [5.74, 6) is 0.0362. The Morgan fingerprint density at radius 2 is 1.93 bits per heavy atom. The van der Waals surface area contributed by atoms with Crippen LogP contribution in [0.25, 0.3) is 0 Å². The minimum absolute atomic E-state index is 0.0362. The van der Waals surface area contributed by atoms with Gasteiger partial charge in [-0.2, -0.15) is 0 Å². The van der Waals surface area contributed by atoms with E-state index in [0.717, 1.165) is 17.7 Å². The molecule has 0 bridgehead atoms. The van der Waals surface area contributed by atoms with E-state index >= 15 is 0 Å². The summed E-state index contributed by atoms with van der Waals surface area (Å²) in [6, 6.07) is 7.41. The number of hydrogen-bond acceptors (Lipinski definition) is 1. The molecule has 3 nitrogen and oxygen atoms in total. The van der Waals surface area contributed by atoms with Gasteiger partial charge in [0.15, 0.2) is 0 Å². The first-order valence-corrected chi connectivity index (χ1v) is 5.23. The van der Waals surface area contributed by atoms with Crippen LogP contribution in [0.1, 0.15) is 25.3 Å². The maximum absolute atomic E-state index is 11.3. The monoisotopic (exact) mass is 206 g/mol. The van der Waals surface area contributed by atoms with Crippen LogP contribution in [0.15, 0.2) is 24.3 Å². The Morgan fingerprint density at radius 3 is 2.47 bits per heavy atom. The summed E-state index contributed by atoms with van der Waals surface area (Å²) in [6.45, 7) is 1.87. The molecule has 15 heavy (non-hydrogen) atoms. The zero-order valence-electron chi connectivity index (χ0n) is 8.95. The summed E-state index contributed by atoms with van der Waals surface area (Å²) in [5.41, 5.74) is 1.81. The third-order valence-corrected chi connectivity index (χ3v) is 2.11. The molecule has 0 aliphatic heterocycles. The second kappa shape index (κ2) is 6.19. The van der Waals surface area contributed by atoms with Crippen LogP contribution in [0.5, 0.6) is 0 Å². The lowest BCUT2D eigenvalue weighted by Crippen LogP contribution is -2.10. The van der Waals surface area contributed by atoms with Crippen LogP contribution < -0.4 is 5.32 Å². The van der Waals surface area contributed by atoms with Crippen molar-refractivity contribution in [1.29, 1.82) is 0 Å². The van der Waals surface area contributed by atoms with Crippen LogP contribution >= 0.6 is 0 Å². The van der Waals surface area contributed by atoms with E-state index in [2.05, 4.69) is 5.32 Å². The standard InChI is InChI=1S/C12H16NO2/c1-2-3-12(15)13-11-6-4-10(5-7-11)8-9-14/h4-7H,2-3,8-9H2,1H3,(H,13,15). The van der Waals surface area contributed by atoms with Gasteiger partial charge in [-0.25, -0.2) is 5.11 Å². The number of hydrogen-bond donors (Lipinski definition) is 1. The zero-order valence-corrected chi connectivity index (χ0v) is 8.95. The van der Waals surface area contributed by atoms with Crippen LogP contribution in [-0.2, 0) is 16.3 Å². The van der Waals surface area contributed by atoms with E-state index in [9.17, 15) is 9.90 Å². The van der Waals surface area contributed by atoms with Gasteiger partial charge in [0, 0.05) is 12.1 Å². The summed E-state index contributed by atoms with van der Waals surface area (Å²) in [5, 5.41) is 13.2. The maximum atomic E-state index is 11.3. The third kappa shape index (κ3) is 4.13. The van der Waals surface area contributed by atoms with Crippen molar-refractivity contribution < 1.29 is 9.90 Å². The number of benzene rings is 1. The van der Waals surface area contributed by atoms with Crippen molar-refractivity contribution in [3.63, 3.8) is 0 Å². The number of anilines is 1. The van der Waals surface area contributed by atoms with Crippen molar-refractivity contribution in [3.05, 3.63) is 29.8 Å². The summed E-state index contributed by atoms with van der Waals surface area (Å²) in [4.78, 5) is 11.3. The molecule has 0 unspecified atom stereocenters. The van der Waals surface area contributed by atoms with Crippen LogP contribution in [0.3, 0.4) is 0 Å². The van der Waals surface area contributed by atoms with Crippen molar-refractivity contribution in [1.82, 2.24) is 0 Å². The number of carbonyl (C=O) groups excluding carboxylic acids is 1. The highest BCUT2D eigenvalue weighted by molar-refractivity contribution is 5.90. The average Bonchev–Trinajstić information content (AvgIpc) is 2.22. The lowest BCUT2D eigenvalue weighted by Gasteiger charge is -2.04. The molecule has 0 aliphatic rings. The van der Waals surface area contributed by atoms with Gasteiger partial charge in [-0.3, -0.25) is 4.79 Å². The molecule has 1 N–H and O–H groups in total. The molecule has 1 radical (unpaired) electrons. The predicted octanol–water partition coefficient (Wildman–Crippen LogP) is 2.40. The molecule has 3 heteroatoms. The van der Waals surface area contributed by atoms with Gasteiger partial charge in [-0.1, -0.05) is 19.1 Å². The summed E-state index contributed by atoms with van der Waals surface area (Å²) >= 11 is 0. The van der Waals surface area contributed by atoms with Gasteiger partial charge in [0.1, 0.15) is 0 Å². The minimum Gasteiger partial charge on any atom is -0.326 e. The molecule has 0 saturated heterocycles. The van der Waals surface area contributed by atoms with E-state index in [1.807, 2.05) is 31.2 Å². The Balaban J connectivity index is 2.52. The number of rotatable bonds is 5. The van der Waals surface area contributed by atoms with E-state index < -0.39 is 0 Å². The molecule has 0 aromatic heterocycles. The Kier molecular flexibility index (Phi) is 4.84. The number of amides is 1.